The standard InChI is InChI=1S/C30H31N3O4/c1-33(28-13-7-8-18-31-28)19-20-37-24-16-14-22(15-17-24)21-27(30(35)36)32-26-12-6-5-11-25(26)29(34)23-9-3-2-4-10-23/h2-18,27,29,32,34H,19-21H2,1H3,(H,35,36)/t27-,29?/m0/s1. The molecule has 7 heteroatoms. The summed E-state index contributed by atoms with van der Waals surface area (Å²) in [5.41, 5.74) is 2.81. The van der Waals surface area contributed by atoms with E-state index in [1.165, 1.54) is 0 Å². The smallest absolute Gasteiger partial charge is 0.326 e. The van der Waals surface area contributed by atoms with Crippen LogP contribution in [0.25, 0.3) is 0 Å². The van der Waals surface area contributed by atoms with E-state index in [9.17, 15) is 15.0 Å². The summed E-state index contributed by atoms with van der Waals surface area (Å²) in [5.74, 6) is 0.628. The Kier molecular flexibility index (Phi) is 8.73. The van der Waals surface area contributed by atoms with Gasteiger partial charge in [0, 0.05) is 30.9 Å². The Morgan fingerprint density at radius 2 is 1.65 bits per heavy atom. The van der Waals surface area contributed by atoms with Gasteiger partial charge in [-0.1, -0.05) is 66.7 Å². The molecule has 4 rings (SSSR count). The minimum Gasteiger partial charge on any atom is -0.492 e. The SMILES string of the molecule is CN(CCOc1ccc(C[C@H](Nc2ccccc2C(O)c2ccccc2)C(=O)O)cc1)c1ccccn1. The monoisotopic (exact) mass is 497 g/mol. The van der Waals surface area contributed by atoms with Gasteiger partial charge in [0.25, 0.3) is 0 Å². The zero-order valence-corrected chi connectivity index (χ0v) is 20.7. The van der Waals surface area contributed by atoms with Crippen LogP contribution in [0.1, 0.15) is 22.8 Å². The van der Waals surface area contributed by atoms with Crippen LogP contribution < -0.4 is 15.0 Å². The minimum absolute atomic E-state index is 0.272. The van der Waals surface area contributed by atoms with Gasteiger partial charge in [-0.25, -0.2) is 9.78 Å². The number of para-hydroxylation sites is 1. The summed E-state index contributed by atoms with van der Waals surface area (Å²) in [6.45, 7) is 1.17. The number of aliphatic carboxylic acids is 1. The molecule has 0 radical (unpaired) electrons. The maximum atomic E-state index is 12.1. The summed E-state index contributed by atoms with van der Waals surface area (Å²) in [4.78, 5) is 18.4. The van der Waals surface area contributed by atoms with Crippen LogP contribution in [0.5, 0.6) is 5.75 Å². The van der Waals surface area contributed by atoms with E-state index in [1.54, 1.807) is 18.3 Å². The third-order valence-electron chi connectivity index (χ3n) is 6.10. The maximum Gasteiger partial charge on any atom is 0.326 e. The van der Waals surface area contributed by atoms with Crippen molar-refractivity contribution in [2.45, 2.75) is 18.6 Å². The van der Waals surface area contributed by atoms with Crippen LogP contribution in [0.15, 0.2) is 103 Å². The lowest BCUT2D eigenvalue weighted by atomic mass is 9.99. The zero-order valence-electron chi connectivity index (χ0n) is 20.7. The highest BCUT2D eigenvalue weighted by Crippen LogP contribution is 2.29. The van der Waals surface area contributed by atoms with E-state index in [0.717, 1.165) is 16.9 Å². The first-order valence-corrected chi connectivity index (χ1v) is 12.2. The molecule has 0 amide bonds. The molecule has 0 saturated carbocycles. The number of aliphatic hydroxyl groups is 1. The fraction of sp³-hybridized carbons (Fsp3) is 0.200. The molecule has 0 aliphatic rings. The molecule has 1 heterocycles. The molecule has 0 saturated heterocycles. The van der Waals surface area contributed by atoms with Crippen molar-refractivity contribution in [3.63, 3.8) is 0 Å². The number of nitrogens with zero attached hydrogens (tertiary/aromatic N) is 2. The highest BCUT2D eigenvalue weighted by atomic mass is 16.5. The molecule has 1 unspecified atom stereocenters. The van der Waals surface area contributed by atoms with Crippen molar-refractivity contribution in [1.29, 1.82) is 0 Å². The Hall–Kier alpha value is -4.36. The highest BCUT2D eigenvalue weighted by Gasteiger charge is 2.21. The quantitative estimate of drug-likeness (QED) is 0.259. The summed E-state index contributed by atoms with van der Waals surface area (Å²) in [6, 6.07) is 28.9. The van der Waals surface area contributed by atoms with Crippen molar-refractivity contribution >= 4 is 17.5 Å². The van der Waals surface area contributed by atoms with E-state index in [0.29, 0.717) is 30.2 Å². The molecule has 0 bridgehead atoms. The third-order valence-corrected chi connectivity index (χ3v) is 6.10. The van der Waals surface area contributed by atoms with Crippen LogP contribution in [0.2, 0.25) is 0 Å². The van der Waals surface area contributed by atoms with E-state index in [1.807, 2.05) is 96.9 Å². The minimum atomic E-state index is -0.970. The molecule has 7 nitrogen and oxygen atoms in total. The lowest BCUT2D eigenvalue weighted by molar-refractivity contribution is -0.137. The van der Waals surface area contributed by atoms with Crippen molar-refractivity contribution in [2.75, 3.05) is 30.4 Å². The number of likely N-dealkylation sites (N-methyl/N-ethyl adjacent to an activating group) is 1. The van der Waals surface area contributed by atoms with Crippen molar-refractivity contribution in [2.24, 2.45) is 0 Å². The predicted molar refractivity (Wildman–Crippen MR) is 145 cm³/mol. The van der Waals surface area contributed by atoms with Gasteiger partial charge in [0.2, 0.25) is 0 Å². The number of rotatable bonds is 12. The molecule has 0 aliphatic carbocycles. The Balaban J connectivity index is 1.37. The average molecular weight is 498 g/mol. The lowest BCUT2D eigenvalue weighted by Crippen LogP contribution is -2.32. The van der Waals surface area contributed by atoms with Gasteiger partial charge in [-0.2, -0.15) is 0 Å². The number of hydrogen-bond donors (Lipinski definition) is 3. The summed E-state index contributed by atoms with van der Waals surface area (Å²) < 4.78 is 5.86. The van der Waals surface area contributed by atoms with Gasteiger partial charge >= 0.3 is 5.97 Å². The molecule has 3 N–H and O–H groups in total. The summed E-state index contributed by atoms with van der Waals surface area (Å²) >= 11 is 0. The Labute approximate surface area is 217 Å². The van der Waals surface area contributed by atoms with Gasteiger partial charge in [-0.15, -0.1) is 0 Å². The number of anilines is 2. The number of aromatic nitrogens is 1. The molecular formula is C30H31N3O4. The van der Waals surface area contributed by atoms with Gasteiger partial charge in [0.15, 0.2) is 0 Å². The fourth-order valence-corrected chi connectivity index (χ4v) is 4.02. The van der Waals surface area contributed by atoms with Crippen LogP contribution in [0, 0.1) is 0 Å². The molecule has 3 aromatic carbocycles. The number of ether oxygens (including phenoxy) is 1. The highest BCUT2D eigenvalue weighted by molar-refractivity contribution is 5.78. The van der Waals surface area contributed by atoms with Gasteiger partial charge < -0.3 is 25.2 Å². The van der Waals surface area contributed by atoms with Crippen molar-refractivity contribution in [3.05, 3.63) is 120 Å². The summed E-state index contributed by atoms with van der Waals surface area (Å²) in [7, 11) is 1.96. The number of pyridine rings is 1. The van der Waals surface area contributed by atoms with E-state index in [4.69, 9.17) is 4.74 Å². The van der Waals surface area contributed by atoms with Gasteiger partial charge in [-0.3, -0.25) is 0 Å². The first kappa shape index (κ1) is 25.7. The predicted octanol–water partition coefficient (Wildman–Crippen LogP) is 4.79. The first-order chi connectivity index (χ1) is 18.0. The molecule has 37 heavy (non-hydrogen) atoms. The third kappa shape index (κ3) is 7.08. The Bertz CT molecular complexity index is 1270. The van der Waals surface area contributed by atoms with Crippen LogP contribution in [0.3, 0.4) is 0 Å². The first-order valence-electron chi connectivity index (χ1n) is 12.2. The van der Waals surface area contributed by atoms with E-state index in [-0.39, 0.29) is 6.42 Å². The van der Waals surface area contributed by atoms with Crippen molar-refractivity contribution < 1.29 is 19.7 Å². The van der Waals surface area contributed by atoms with Crippen LogP contribution >= 0.6 is 0 Å². The number of aliphatic hydroxyl groups excluding tert-OH is 1. The second kappa shape index (κ2) is 12.6. The van der Waals surface area contributed by atoms with E-state index < -0.39 is 18.1 Å². The summed E-state index contributed by atoms with van der Waals surface area (Å²) in [6.07, 6.45) is 1.16. The number of nitrogens with one attached hydrogen (secondary N) is 1. The van der Waals surface area contributed by atoms with E-state index >= 15 is 0 Å². The molecule has 1 aromatic heterocycles. The molecule has 190 valence electrons. The molecule has 0 fully saturated rings. The number of carboxylic acid groups (broad SMARTS) is 1. The lowest BCUT2D eigenvalue weighted by Gasteiger charge is -2.21. The van der Waals surface area contributed by atoms with Crippen LogP contribution in [-0.4, -0.2) is 47.4 Å². The Morgan fingerprint density at radius 1 is 0.946 bits per heavy atom. The van der Waals surface area contributed by atoms with Crippen LogP contribution in [0.4, 0.5) is 11.5 Å². The number of hydrogen-bond acceptors (Lipinski definition) is 6. The second-order valence-electron chi connectivity index (χ2n) is 8.74. The van der Waals surface area contributed by atoms with E-state index in [2.05, 4.69) is 10.3 Å². The largest absolute Gasteiger partial charge is 0.492 e. The normalized spacial score (nSPS) is 12.4. The fourth-order valence-electron chi connectivity index (χ4n) is 4.02. The number of carbonyl (C=O) groups is 1. The van der Waals surface area contributed by atoms with Gasteiger partial charge in [-0.05, 0) is 41.5 Å². The topological polar surface area (TPSA) is 94.9 Å². The number of carboxylic acids is 1. The van der Waals surface area contributed by atoms with Crippen molar-refractivity contribution in [1.82, 2.24) is 4.98 Å². The molecule has 2 atom stereocenters. The maximum absolute atomic E-state index is 12.1. The van der Waals surface area contributed by atoms with Crippen LogP contribution in [-0.2, 0) is 11.2 Å². The molecule has 4 aromatic rings. The summed E-state index contributed by atoms with van der Waals surface area (Å²) in [5, 5.41) is 23.9. The van der Waals surface area contributed by atoms with Crippen molar-refractivity contribution in [3.8, 4) is 5.75 Å². The molecule has 0 spiro atoms. The average Bonchev–Trinajstić information content (AvgIpc) is 2.94. The van der Waals surface area contributed by atoms with Gasteiger partial charge in [0.1, 0.15) is 30.3 Å². The number of benzene rings is 3. The second-order valence-corrected chi connectivity index (χ2v) is 8.74. The zero-order chi connectivity index (χ0) is 26.0. The molecule has 0 aliphatic heterocycles. The Morgan fingerprint density at radius 3 is 2.35 bits per heavy atom. The molecular weight excluding hydrogens is 466 g/mol. The van der Waals surface area contributed by atoms with Gasteiger partial charge in [0.05, 0.1) is 6.54 Å².